The maximum absolute atomic E-state index is 13.3. The van der Waals surface area contributed by atoms with E-state index < -0.39 is 17.7 Å². The van der Waals surface area contributed by atoms with Crippen molar-refractivity contribution in [3.63, 3.8) is 0 Å². The van der Waals surface area contributed by atoms with Gasteiger partial charge in [0.1, 0.15) is 11.5 Å². The first-order valence-electron chi connectivity index (χ1n) is 12.6. The summed E-state index contributed by atoms with van der Waals surface area (Å²) < 4.78 is 16.8. The van der Waals surface area contributed by atoms with Crippen molar-refractivity contribution in [2.45, 2.75) is 32.7 Å². The summed E-state index contributed by atoms with van der Waals surface area (Å²) in [4.78, 5) is 30.0. The van der Waals surface area contributed by atoms with Gasteiger partial charge in [-0.15, -0.1) is 0 Å². The normalized spacial score (nSPS) is 17.1. The molecule has 8 nitrogen and oxygen atoms in total. The number of hydrogen-bond donors (Lipinski definition) is 1. The number of aliphatic hydroxyl groups is 1. The summed E-state index contributed by atoms with van der Waals surface area (Å²) in [5.74, 6) is 0.532. The van der Waals surface area contributed by atoms with E-state index in [0.717, 1.165) is 13.0 Å². The molecule has 0 radical (unpaired) electrons. The Balaban J connectivity index is 2.08. The third-order valence-electron chi connectivity index (χ3n) is 6.34. The van der Waals surface area contributed by atoms with Gasteiger partial charge in [0.25, 0.3) is 11.7 Å². The van der Waals surface area contributed by atoms with Crippen molar-refractivity contribution in [1.82, 2.24) is 9.80 Å². The van der Waals surface area contributed by atoms with Crippen LogP contribution in [-0.4, -0.2) is 74.6 Å². The van der Waals surface area contributed by atoms with Crippen LogP contribution in [0.5, 0.6) is 17.2 Å². The molecule has 1 aliphatic heterocycles. The Kier molecular flexibility index (Phi) is 9.58. The maximum Gasteiger partial charge on any atom is 0.295 e. The first-order valence-corrected chi connectivity index (χ1v) is 12.6. The van der Waals surface area contributed by atoms with Crippen LogP contribution in [0.15, 0.2) is 48.0 Å². The summed E-state index contributed by atoms with van der Waals surface area (Å²) in [6.45, 7) is 5.91. The monoisotopic (exact) mass is 510 g/mol. The summed E-state index contributed by atoms with van der Waals surface area (Å²) in [6, 6.07) is 11.4. The number of ketones is 1. The molecule has 3 rings (SSSR count). The van der Waals surface area contributed by atoms with Crippen molar-refractivity contribution < 1.29 is 28.9 Å². The van der Waals surface area contributed by atoms with Crippen molar-refractivity contribution in [1.29, 1.82) is 0 Å². The van der Waals surface area contributed by atoms with E-state index in [0.29, 0.717) is 53.9 Å². The molecule has 1 saturated heterocycles. The van der Waals surface area contributed by atoms with Crippen LogP contribution in [0.1, 0.15) is 43.9 Å². The minimum atomic E-state index is -0.771. The Morgan fingerprint density at radius 1 is 1.05 bits per heavy atom. The first-order chi connectivity index (χ1) is 17.7. The van der Waals surface area contributed by atoms with Crippen LogP contribution in [0.4, 0.5) is 0 Å². The summed E-state index contributed by atoms with van der Waals surface area (Å²) in [7, 11) is 6.99. The standard InChI is InChI=1S/C29H38N2O6/c1-19(2)13-16-37-23-12-11-20(18-24(23)36-6)26-25(27(32)21-9-7-10-22(17-21)35-5)28(33)29(34)31(26)15-8-14-30(3)4/h7,9-12,17-19,26,32H,8,13-16H2,1-6H3. The highest BCUT2D eigenvalue weighted by Gasteiger charge is 2.46. The molecule has 0 aliphatic carbocycles. The average molecular weight is 511 g/mol. The second-order valence-corrected chi connectivity index (χ2v) is 9.82. The van der Waals surface area contributed by atoms with E-state index in [1.807, 2.05) is 25.1 Å². The van der Waals surface area contributed by atoms with Gasteiger partial charge in [0.2, 0.25) is 0 Å². The van der Waals surface area contributed by atoms with Gasteiger partial charge in [-0.25, -0.2) is 0 Å². The van der Waals surface area contributed by atoms with Gasteiger partial charge in [0, 0.05) is 12.1 Å². The molecule has 1 unspecified atom stereocenters. The van der Waals surface area contributed by atoms with Gasteiger partial charge in [-0.2, -0.15) is 0 Å². The number of ether oxygens (including phenoxy) is 3. The number of carbonyl (C=O) groups excluding carboxylic acids is 2. The molecule has 1 N–H and O–H groups in total. The SMILES string of the molecule is COc1cccc(C(O)=C2C(=O)C(=O)N(CCCN(C)C)C2c2ccc(OCCC(C)C)c(OC)c2)c1. The fraction of sp³-hybridized carbons (Fsp3) is 0.448. The summed E-state index contributed by atoms with van der Waals surface area (Å²) in [5, 5.41) is 11.3. The summed E-state index contributed by atoms with van der Waals surface area (Å²) in [5.41, 5.74) is 1.09. The van der Waals surface area contributed by atoms with E-state index in [4.69, 9.17) is 14.2 Å². The van der Waals surface area contributed by atoms with E-state index in [-0.39, 0.29) is 11.3 Å². The second-order valence-electron chi connectivity index (χ2n) is 9.82. The lowest BCUT2D eigenvalue weighted by Crippen LogP contribution is -2.32. The van der Waals surface area contributed by atoms with Crippen LogP contribution in [-0.2, 0) is 9.59 Å². The summed E-state index contributed by atoms with van der Waals surface area (Å²) >= 11 is 0. The Morgan fingerprint density at radius 3 is 2.46 bits per heavy atom. The molecule has 1 fully saturated rings. The highest BCUT2D eigenvalue weighted by molar-refractivity contribution is 6.46. The zero-order valence-corrected chi connectivity index (χ0v) is 22.6. The predicted molar refractivity (Wildman–Crippen MR) is 143 cm³/mol. The smallest absolute Gasteiger partial charge is 0.295 e. The number of nitrogens with zero attached hydrogens (tertiary/aromatic N) is 2. The fourth-order valence-corrected chi connectivity index (χ4v) is 4.32. The molecular weight excluding hydrogens is 472 g/mol. The largest absolute Gasteiger partial charge is 0.507 e. The van der Waals surface area contributed by atoms with Gasteiger partial charge < -0.3 is 29.1 Å². The number of methoxy groups -OCH3 is 2. The van der Waals surface area contributed by atoms with Crippen LogP contribution in [0.25, 0.3) is 5.76 Å². The van der Waals surface area contributed by atoms with Gasteiger partial charge in [-0.05, 0) is 69.2 Å². The molecule has 1 amide bonds. The lowest BCUT2D eigenvalue weighted by molar-refractivity contribution is -0.139. The molecule has 0 saturated carbocycles. The predicted octanol–water partition coefficient (Wildman–Crippen LogP) is 4.50. The van der Waals surface area contributed by atoms with Gasteiger partial charge in [0.05, 0.1) is 32.4 Å². The number of benzene rings is 2. The molecule has 2 aromatic carbocycles. The van der Waals surface area contributed by atoms with Crippen molar-refractivity contribution in [3.8, 4) is 17.2 Å². The molecular formula is C29H38N2O6. The van der Waals surface area contributed by atoms with Crippen LogP contribution >= 0.6 is 0 Å². The highest BCUT2D eigenvalue weighted by Crippen LogP contribution is 2.42. The number of carbonyl (C=O) groups is 2. The number of likely N-dealkylation sites (tertiary alicyclic amines) is 1. The number of amides is 1. The van der Waals surface area contributed by atoms with E-state index >= 15 is 0 Å². The van der Waals surface area contributed by atoms with Crippen LogP contribution in [0.2, 0.25) is 0 Å². The van der Waals surface area contributed by atoms with Crippen molar-refractivity contribution in [3.05, 3.63) is 59.2 Å². The summed E-state index contributed by atoms with van der Waals surface area (Å²) in [6.07, 6.45) is 1.57. The fourth-order valence-electron chi connectivity index (χ4n) is 4.32. The highest BCUT2D eigenvalue weighted by atomic mass is 16.5. The number of aliphatic hydroxyl groups excluding tert-OH is 1. The number of rotatable bonds is 12. The Hall–Kier alpha value is -3.52. The van der Waals surface area contributed by atoms with E-state index in [9.17, 15) is 14.7 Å². The number of hydrogen-bond acceptors (Lipinski definition) is 7. The third-order valence-corrected chi connectivity index (χ3v) is 6.34. The Morgan fingerprint density at radius 2 is 1.81 bits per heavy atom. The Bertz CT molecular complexity index is 1140. The lowest BCUT2D eigenvalue weighted by Gasteiger charge is -2.26. The zero-order chi connectivity index (χ0) is 27.1. The first kappa shape index (κ1) is 28.1. The molecule has 2 aromatic rings. The quantitative estimate of drug-likeness (QED) is 0.255. The van der Waals surface area contributed by atoms with Crippen LogP contribution < -0.4 is 14.2 Å². The topological polar surface area (TPSA) is 88.5 Å². The van der Waals surface area contributed by atoms with E-state index in [1.54, 1.807) is 43.5 Å². The van der Waals surface area contributed by atoms with Gasteiger partial charge >= 0.3 is 0 Å². The molecule has 0 bridgehead atoms. The van der Waals surface area contributed by atoms with E-state index in [2.05, 4.69) is 13.8 Å². The maximum atomic E-state index is 13.3. The van der Waals surface area contributed by atoms with E-state index in [1.165, 1.54) is 12.0 Å². The van der Waals surface area contributed by atoms with Crippen molar-refractivity contribution in [2.24, 2.45) is 5.92 Å². The number of Topliss-reactive ketones (excluding diaryl/α,β-unsaturated/α-hetero) is 1. The second kappa shape index (κ2) is 12.6. The van der Waals surface area contributed by atoms with Gasteiger partial charge in [-0.3, -0.25) is 9.59 Å². The zero-order valence-electron chi connectivity index (χ0n) is 22.6. The minimum absolute atomic E-state index is 0.0404. The minimum Gasteiger partial charge on any atom is -0.507 e. The molecule has 37 heavy (non-hydrogen) atoms. The van der Waals surface area contributed by atoms with Crippen molar-refractivity contribution >= 4 is 17.4 Å². The molecule has 200 valence electrons. The average Bonchev–Trinajstić information content (AvgIpc) is 3.13. The molecule has 1 aliphatic rings. The Labute approximate surface area is 219 Å². The molecule has 1 atom stereocenters. The molecule has 0 aromatic heterocycles. The van der Waals surface area contributed by atoms with Crippen molar-refractivity contribution in [2.75, 3.05) is 48.0 Å². The van der Waals surface area contributed by atoms with Gasteiger partial charge in [-0.1, -0.05) is 32.0 Å². The van der Waals surface area contributed by atoms with Crippen LogP contribution in [0, 0.1) is 5.92 Å². The molecule has 1 heterocycles. The van der Waals surface area contributed by atoms with Gasteiger partial charge in [0.15, 0.2) is 11.5 Å². The van der Waals surface area contributed by atoms with Crippen LogP contribution in [0.3, 0.4) is 0 Å². The lowest BCUT2D eigenvalue weighted by atomic mass is 9.95. The third kappa shape index (κ3) is 6.63. The molecule has 8 heteroatoms. The molecule has 0 spiro atoms.